The van der Waals surface area contributed by atoms with Crippen LogP contribution in [0.15, 0.2) is 48.5 Å². The molecular weight excluding hydrogens is 398 g/mol. The molecule has 0 radical (unpaired) electrons. The van der Waals surface area contributed by atoms with Gasteiger partial charge in [-0.3, -0.25) is 14.4 Å². The van der Waals surface area contributed by atoms with E-state index >= 15 is 0 Å². The summed E-state index contributed by atoms with van der Waals surface area (Å²) < 4.78 is 4.93. The van der Waals surface area contributed by atoms with E-state index in [0.717, 1.165) is 0 Å². The Hall–Kier alpha value is -3.39. The molecule has 0 saturated carbocycles. The number of benzene rings is 2. The van der Waals surface area contributed by atoms with E-state index in [1.165, 1.54) is 32.2 Å². The van der Waals surface area contributed by atoms with Gasteiger partial charge in [0.05, 0.1) is 0 Å². The summed E-state index contributed by atoms with van der Waals surface area (Å²) in [5.41, 5.74) is 1.10. The predicted molar refractivity (Wildman–Crippen MR) is 108 cm³/mol. The van der Waals surface area contributed by atoms with Crippen molar-refractivity contribution in [3.8, 4) is 0 Å². The second kappa shape index (κ2) is 10.2. The molecule has 2 rings (SSSR count). The molecular formula is C20H20ClN3O5. The van der Waals surface area contributed by atoms with E-state index < -0.39 is 30.4 Å². The smallest absolute Gasteiger partial charge is 0.328 e. The number of hydrogen-bond acceptors (Lipinski definition) is 5. The average molecular weight is 418 g/mol. The average Bonchev–Trinajstić information content (AvgIpc) is 2.71. The molecule has 9 heteroatoms. The van der Waals surface area contributed by atoms with Gasteiger partial charge in [0.1, 0.15) is 6.04 Å². The highest BCUT2D eigenvalue weighted by atomic mass is 35.5. The zero-order valence-electron chi connectivity index (χ0n) is 15.8. The highest BCUT2D eigenvalue weighted by Crippen LogP contribution is 2.11. The first-order valence-electron chi connectivity index (χ1n) is 8.65. The molecule has 0 heterocycles. The van der Waals surface area contributed by atoms with Crippen LogP contribution in [0.2, 0.25) is 5.02 Å². The van der Waals surface area contributed by atoms with Gasteiger partial charge < -0.3 is 20.7 Å². The molecule has 0 bridgehead atoms. The summed E-state index contributed by atoms with van der Waals surface area (Å²) in [7, 11) is 1.50. The van der Waals surface area contributed by atoms with Crippen LogP contribution < -0.4 is 16.0 Å². The lowest BCUT2D eigenvalue weighted by Crippen LogP contribution is -2.40. The Morgan fingerprint density at radius 2 is 1.69 bits per heavy atom. The molecule has 8 nitrogen and oxygen atoms in total. The number of esters is 1. The predicted octanol–water partition coefficient (Wildman–Crippen LogP) is 2.00. The standard InChI is InChI=1S/C20H20ClN3O5/c1-12(23-19(27)13-6-8-15(21)9-7-13)20(28)29-11-17(25)24-16-5-3-4-14(10-16)18(26)22-2/h3-10,12H,11H2,1-2H3,(H,22,26)(H,23,27)(H,24,25)/t12-/m0/s1. The summed E-state index contributed by atoms with van der Waals surface area (Å²) in [5, 5.41) is 7.98. The van der Waals surface area contributed by atoms with Crippen LogP contribution >= 0.6 is 11.6 Å². The van der Waals surface area contributed by atoms with Gasteiger partial charge in [-0.2, -0.15) is 0 Å². The Labute approximate surface area is 172 Å². The van der Waals surface area contributed by atoms with Crippen molar-refractivity contribution < 1.29 is 23.9 Å². The molecule has 1 atom stereocenters. The fourth-order valence-electron chi connectivity index (χ4n) is 2.28. The maximum absolute atomic E-state index is 12.1. The van der Waals surface area contributed by atoms with Gasteiger partial charge in [-0.05, 0) is 49.4 Å². The van der Waals surface area contributed by atoms with Gasteiger partial charge in [0.2, 0.25) is 0 Å². The fraction of sp³-hybridized carbons (Fsp3) is 0.200. The Morgan fingerprint density at radius 1 is 1.00 bits per heavy atom. The van der Waals surface area contributed by atoms with Crippen molar-refractivity contribution in [2.45, 2.75) is 13.0 Å². The second-order valence-corrected chi connectivity index (χ2v) is 6.45. The monoisotopic (exact) mass is 417 g/mol. The molecule has 0 unspecified atom stereocenters. The molecule has 0 aliphatic heterocycles. The zero-order chi connectivity index (χ0) is 21.4. The number of carbonyl (C=O) groups excluding carboxylic acids is 4. The summed E-state index contributed by atoms with van der Waals surface area (Å²) >= 11 is 5.77. The van der Waals surface area contributed by atoms with E-state index in [9.17, 15) is 19.2 Å². The van der Waals surface area contributed by atoms with Crippen LogP contribution in [0, 0.1) is 0 Å². The van der Waals surface area contributed by atoms with Crippen LogP contribution in [0.4, 0.5) is 5.69 Å². The fourth-order valence-corrected chi connectivity index (χ4v) is 2.41. The first-order valence-corrected chi connectivity index (χ1v) is 9.03. The first kappa shape index (κ1) is 21.9. The van der Waals surface area contributed by atoms with Crippen LogP contribution in [-0.2, 0) is 14.3 Å². The number of halogens is 1. The number of hydrogen-bond donors (Lipinski definition) is 3. The molecule has 2 aromatic rings. The Morgan fingerprint density at radius 3 is 2.34 bits per heavy atom. The largest absolute Gasteiger partial charge is 0.454 e. The molecule has 0 spiro atoms. The third-order valence-corrected chi connectivity index (χ3v) is 4.04. The maximum Gasteiger partial charge on any atom is 0.328 e. The van der Waals surface area contributed by atoms with E-state index in [0.29, 0.717) is 21.8 Å². The topological polar surface area (TPSA) is 114 Å². The highest BCUT2D eigenvalue weighted by Gasteiger charge is 2.19. The van der Waals surface area contributed by atoms with E-state index in [1.54, 1.807) is 30.3 Å². The Bertz CT molecular complexity index is 915. The molecule has 152 valence electrons. The quantitative estimate of drug-likeness (QED) is 0.596. The van der Waals surface area contributed by atoms with Crippen molar-refractivity contribution in [1.82, 2.24) is 10.6 Å². The maximum atomic E-state index is 12.1. The molecule has 0 aliphatic rings. The van der Waals surface area contributed by atoms with Crippen LogP contribution in [0.25, 0.3) is 0 Å². The summed E-state index contributed by atoms with van der Waals surface area (Å²) in [6.07, 6.45) is 0. The van der Waals surface area contributed by atoms with Crippen LogP contribution in [0.1, 0.15) is 27.6 Å². The second-order valence-electron chi connectivity index (χ2n) is 6.02. The molecule has 0 fully saturated rings. The van der Waals surface area contributed by atoms with E-state index in [1.807, 2.05) is 0 Å². The van der Waals surface area contributed by atoms with Gasteiger partial charge in [-0.15, -0.1) is 0 Å². The molecule has 3 N–H and O–H groups in total. The first-order chi connectivity index (χ1) is 13.8. The van der Waals surface area contributed by atoms with Crippen molar-refractivity contribution in [2.75, 3.05) is 19.0 Å². The van der Waals surface area contributed by atoms with Crippen LogP contribution in [-0.4, -0.2) is 43.4 Å². The molecule has 0 aromatic heterocycles. The van der Waals surface area contributed by atoms with Crippen molar-refractivity contribution in [1.29, 1.82) is 0 Å². The lowest BCUT2D eigenvalue weighted by atomic mass is 10.2. The summed E-state index contributed by atoms with van der Waals surface area (Å²) in [6, 6.07) is 11.5. The lowest BCUT2D eigenvalue weighted by Gasteiger charge is -2.13. The van der Waals surface area contributed by atoms with Crippen LogP contribution in [0.5, 0.6) is 0 Å². The lowest BCUT2D eigenvalue weighted by molar-refractivity contribution is -0.148. The minimum Gasteiger partial charge on any atom is -0.454 e. The van der Waals surface area contributed by atoms with E-state index in [2.05, 4.69) is 16.0 Å². The third-order valence-electron chi connectivity index (χ3n) is 3.79. The number of carbonyl (C=O) groups is 4. The third kappa shape index (κ3) is 6.62. The van der Waals surface area contributed by atoms with Gasteiger partial charge in [-0.25, -0.2) is 4.79 Å². The van der Waals surface area contributed by atoms with Crippen molar-refractivity contribution >= 4 is 41.0 Å². The number of nitrogens with one attached hydrogen (secondary N) is 3. The van der Waals surface area contributed by atoms with Gasteiger partial charge in [0.25, 0.3) is 17.7 Å². The van der Waals surface area contributed by atoms with Crippen molar-refractivity contribution in [3.05, 3.63) is 64.7 Å². The van der Waals surface area contributed by atoms with Crippen molar-refractivity contribution in [2.24, 2.45) is 0 Å². The van der Waals surface area contributed by atoms with E-state index in [-0.39, 0.29) is 5.91 Å². The van der Waals surface area contributed by atoms with Crippen molar-refractivity contribution in [3.63, 3.8) is 0 Å². The number of rotatable bonds is 7. The molecule has 29 heavy (non-hydrogen) atoms. The Balaban J connectivity index is 1.83. The molecule has 0 saturated heterocycles. The SMILES string of the molecule is CNC(=O)c1cccc(NC(=O)COC(=O)[C@H](C)NC(=O)c2ccc(Cl)cc2)c1. The normalized spacial score (nSPS) is 11.1. The number of ether oxygens (including phenoxy) is 1. The zero-order valence-corrected chi connectivity index (χ0v) is 16.6. The molecule has 2 aromatic carbocycles. The van der Waals surface area contributed by atoms with Gasteiger partial charge in [0, 0.05) is 28.9 Å². The van der Waals surface area contributed by atoms with Crippen LogP contribution in [0.3, 0.4) is 0 Å². The minimum atomic E-state index is -0.956. The summed E-state index contributed by atoms with van der Waals surface area (Å²) in [4.78, 5) is 47.7. The number of amides is 3. The molecule has 3 amide bonds. The van der Waals surface area contributed by atoms with E-state index in [4.69, 9.17) is 16.3 Å². The van der Waals surface area contributed by atoms with Gasteiger partial charge in [0.15, 0.2) is 6.61 Å². The Kier molecular flexibility index (Phi) is 7.73. The number of anilines is 1. The van der Waals surface area contributed by atoms with Gasteiger partial charge >= 0.3 is 5.97 Å². The van der Waals surface area contributed by atoms with Gasteiger partial charge in [-0.1, -0.05) is 17.7 Å². The summed E-state index contributed by atoms with van der Waals surface area (Å²) in [6.45, 7) is 0.908. The highest BCUT2D eigenvalue weighted by molar-refractivity contribution is 6.30. The molecule has 0 aliphatic carbocycles. The minimum absolute atomic E-state index is 0.294. The summed E-state index contributed by atoms with van der Waals surface area (Å²) in [5.74, 6) is -2.11.